The van der Waals surface area contributed by atoms with E-state index in [1.54, 1.807) is 6.08 Å². The Labute approximate surface area is 187 Å². The molecule has 1 amide bonds. The molecule has 0 atom stereocenters. The average Bonchev–Trinajstić information content (AvgIpc) is 3.50. The van der Waals surface area contributed by atoms with Crippen LogP contribution >= 0.6 is 22.9 Å². The number of carbonyl (C=O) groups excluding carboxylic acids is 1. The highest BCUT2D eigenvalue weighted by Gasteiger charge is 2.34. The van der Waals surface area contributed by atoms with Crippen molar-refractivity contribution in [3.63, 3.8) is 0 Å². The van der Waals surface area contributed by atoms with Crippen LogP contribution in [-0.2, 0) is 4.79 Å². The molecule has 4 aromatic rings. The van der Waals surface area contributed by atoms with Crippen molar-refractivity contribution >= 4 is 45.8 Å². The molecular weight excluding hydrogens is 430 g/mol. The Morgan fingerprint density at radius 2 is 1.77 bits per heavy atom. The number of carbonyl (C=O) groups is 1. The van der Waals surface area contributed by atoms with E-state index in [2.05, 4.69) is 10.1 Å². The number of rotatable bonds is 4. The molecule has 7 heteroatoms. The van der Waals surface area contributed by atoms with Gasteiger partial charge in [-0.15, -0.1) is 11.3 Å². The topological polar surface area (TPSA) is 58.7 Å². The standard InChI is InChI=1S/C24H16ClN3O2S/c1-15-7-12-19(30-15)13-20-22(17-5-3-2-4-6-17)27-28(23(20)29)24-26-21(14-31-24)16-8-10-18(25)11-9-16/h2-14H,1H3/b20-13+. The fraction of sp³-hybridized carbons (Fsp3) is 0.0417. The third-order valence-electron chi connectivity index (χ3n) is 4.79. The minimum Gasteiger partial charge on any atom is -0.462 e. The molecule has 0 saturated carbocycles. The lowest BCUT2D eigenvalue weighted by Gasteiger charge is -2.06. The van der Waals surface area contributed by atoms with Gasteiger partial charge in [-0.1, -0.05) is 54.1 Å². The summed E-state index contributed by atoms with van der Waals surface area (Å²) in [5.41, 5.74) is 3.58. The van der Waals surface area contributed by atoms with Crippen LogP contribution in [0.15, 0.2) is 87.2 Å². The van der Waals surface area contributed by atoms with Crippen molar-refractivity contribution < 1.29 is 9.21 Å². The van der Waals surface area contributed by atoms with Crippen molar-refractivity contribution in [2.45, 2.75) is 6.92 Å². The Bertz CT molecular complexity index is 1320. The summed E-state index contributed by atoms with van der Waals surface area (Å²) in [7, 11) is 0. The molecule has 1 aliphatic heterocycles. The van der Waals surface area contributed by atoms with Crippen LogP contribution in [0.5, 0.6) is 0 Å². The van der Waals surface area contributed by atoms with Gasteiger partial charge in [0.2, 0.25) is 5.13 Å². The monoisotopic (exact) mass is 445 g/mol. The van der Waals surface area contributed by atoms with Crippen molar-refractivity contribution in [2.75, 3.05) is 5.01 Å². The molecule has 0 saturated heterocycles. The van der Waals surface area contributed by atoms with Crippen LogP contribution in [0.3, 0.4) is 0 Å². The van der Waals surface area contributed by atoms with Crippen molar-refractivity contribution in [2.24, 2.45) is 5.10 Å². The maximum atomic E-state index is 13.3. The summed E-state index contributed by atoms with van der Waals surface area (Å²) in [5.74, 6) is 1.14. The Hall–Kier alpha value is -3.48. The number of aromatic nitrogens is 1. The van der Waals surface area contributed by atoms with Crippen LogP contribution in [0.4, 0.5) is 5.13 Å². The first-order valence-corrected chi connectivity index (χ1v) is 10.8. The van der Waals surface area contributed by atoms with Crippen LogP contribution in [0, 0.1) is 6.92 Å². The zero-order valence-corrected chi connectivity index (χ0v) is 18.0. The van der Waals surface area contributed by atoms with Gasteiger partial charge < -0.3 is 4.42 Å². The molecule has 5 rings (SSSR count). The average molecular weight is 446 g/mol. The van der Waals surface area contributed by atoms with Gasteiger partial charge in [-0.25, -0.2) is 4.98 Å². The van der Waals surface area contributed by atoms with Gasteiger partial charge in [-0.2, -0.15) is 10.1 Å². The number of hydrazone groups is 1. The normalized spacial score (nSPS) is 15.0. The summed E-state index contributed by atoms with van der Waals surface area (Å²) < 4.78 is 5.66. The van der Waals surface area contributed by atoms with Crippen LogP contribution in [0.2, 0.25) is 5.02 Å². The van der Waals surface area contributed by atoms with Crippen LogP contribution in [0.25, 0.3) is 17.3 Å². The zero-order valence-electron chi connectivity index (χ0n) is 16.4. The number of amides is 1. The Morgan fingerprint density at radius 3 is 2.48 bits per heavy atom. The van der Waals surface area contributed by atoms with Gasteiger partial charge in [0.1, 0.15) is 17.2 Å². The van der Waals surface area contributed by atoms with E-state index in [-0.39, 0.29) is 5.91 Å². The van der Waals surface area contributed by atoms with Crippen LogP contribution < -0.4 is 5.01 Å². The van der Waals surface area contributed by atoms with Crippen LogP contribution in [0.1, 0.15) is 17.1 Å². The summed E-state index contributed by atoms with van der Waals surface area (Å²) in [6, 6.07) is 20.7. The van der Waals surface area contributed by atoms with E-state index in [0.717, 1.165) is 22.6 Å². The molecule has 0 N–H and O–H groups in total. The van der Waals surface area contributed by atoms with E-state index < -0.39 is 0 Å². The predicted octanol–water partition coefficient (Wildman–Crippen LogP) is 6.20. The second kappa shape index (κ2) is 7.98. The quantitative estimate of drug-likeness (QED) is 0.351. The van der Waals surface area contributed by atoms with E-state index in [9.17, 15) is 4.79 Å². The lowest BCUT2D eigenvalue weighted by atomic mass is 10.0. The molecule has 152 valence electrons. The summed E-state index contributed by atoms with van der Waals surface area (Å²) in [6.07, 6.45) is 1.73. The fourth-order valence-corrected chi connectivity index (χ4v) is 4.18. The van der Waals surface area contributed by atoms with Gasteiger partial charge >= 0.3 is 0 Å². The Morgan fingerprint density at radius 1 is 1.00 bits per heavy atom. The molecule has 0 fully saturated rings. The number of anilines is 1. The molecular formula is C24H16ClN3O2S. The Kier molecular flexibility index (Phi) is 5.02. The van der Waals surface area contributed by atoms with Gasteiger partial charge in [-0.05, 0) is 37.3 Å². The van der Waals surface area contributed by atoms with E-state index in [1.165, 1.54) is 16.3 Å². The number of halogens is 1. The maximum Gasteiger partial charge on any atom is 0.283 e. The SMILES string of the molecule is Cc1ccc(/C=C2/C(=O)N(c3nc(-c4ccc(Cl)cc4)cs3)N=C2c2ccccc2)o1. The highest BCUT2D eigenvalue weighted by molar-refractivity contribution is 7.14. The summed E-state index contributed by atoms with van der Waals surface area (Å²) in [4.78, 5) is 18.0. The number of nitrogens with zero attached hydrogens (tertiary/aromatic N) is 3. The second-order valence-electron chi connectivity index (χ2n) is 6.96. The minimum atomic E-state index is -0.245. The third-order valence-corrected chi connectivity index (χ3v) is 5.85. The number of aryl methyl sites for hydroxylation is 1. The fourth-order valence-electron chi connectivity index (χ4n) is 3.27. The van der Waals surface area contributed by atoms with Gasteiger partial charge in [0.15, 0.2) is 0 Å². The van der Waals surface area contributed by atoms with E-state index in [1.807, 2.05) is 79.0 Å². The molecule has 31 heavy (non-hydrogen) atoms. The van der Waals surface area contributed by atoms with Crippen LogP contribution in [-0.4, -0.2) is 16.6 Å². The zero-order chi connectivity index (χ0) is 21.4. The summed E-state index contributed by atoms with van der Waals surface area (Å²) >= 11 is 7.35. The molecule has 5 nitrogen and oxygen atoms in total. The first-order chi connectivity index (χ1) is 15.1. The largest absolute Gasteiger partial charge is 0.462 e. The van der Waals surface area contributed by atoms with E-state index in [4.69, 9.17) is 16.0 Å². The molecule has 3 heterocycles. The lowest BCUT2D eigenvalue weighted by molar-refractivity contribution is -0.114. The van der Waals surface area contributed by atoms with Crippen molar-refractivity contribution in [1.82, 2.24) is 4.98 Å². The van der Waals surface area contributed by atoms with E-state index >= 15 is 0 Å². The third kappa shape index (κ3) is 3.83. The van der Waals surface area contributed by atoms with Gasteiger partial charge in [0.05, 0.1) is 11.3 Å². The van der Waals surface area contributed by atoms with Crippen molar-refractivity contribution in [3.8, 4) is 11.3 Å². The number of furan rings is 1. The highest BCUT2D eigenvalue weighted by Crippen LogP contribution is 2.33. The molecule has 1 aliphatic rings. The maximum absolute atomic E-state index is 13.3. The number of thiazole rings is 1. The van der Waals surface area contributed by atoms with Gasteiger partial charge in [0.25, 0.3) is 5.91 Å². The lowest BCUT2D eigenvalue weighted by Crippen LogP contribution is -2.21. The molecule has 2 aromatic carbocycles. The number of benzene rings is 2. The first kappa shape index (κ1) is 19.5. The van der Waals surface area contributed by atoms with Gasteiger partial charge in [-0.3, -0.25) is 4.79 Å². The molecule has 0 spiro atoms. The molecule has 2 aromatic heterocycles. The van der Waals surface area contributed by atoms with E-state index in [0.29, 0.717) is 27.2 Å². The van der Waals surface area contributed by atoms with Crippen molar-refractivity contribution in [1.29, 1.82) is 0 Å². The number of hydrogen-bond donors (Lipinski definition) is 0. The summed E-state index contributed by atoms with van der Waals surface area (Å²) in [5, 5.41) is 9.05. The minimum absolute atomic E-state index is 0.245. The number of hydrogen-bond acceptors (Lipinski definition) is 5. The van der Waals surface area contributed by atoms with Gasteiger partial charge in [0, 0.05) is 21.5 Å². The highest BCUT2D eigenvalue weighted by atomic mass is 35.5. The molecule has 0 aliphatic carbocycles. The van der Waals surface area contributed by atoms with Crippen molar-refractivity contribution in [3.05, 3.63) is 99.8 Å². The molecule has 0 bridgehead atoms. The predicted molar refractivity (Wildman–Crippen MR) is 124 cm³/mol. The molecule has 0 radical (unpaired) electrons. The Balaban J connectivity index is 1.55. The summed E-state index contributed by atoms with van der Waals surface area (Å²) in [6.45, 7) is 1.87. The smallest absolute Gasteiger partial charge is 0.283 e. The second-order valence-corrected chi connectivity index (χ2v) is 8.23. The molecule has 0 unspecified atom stereocenters. The first-order valence-electron chi connectivity index (χ1n) is 9.57.